The minimum absolute atomic E-state index is 0.00503. The molecule has 1 heterocycles. The van der Waals surface area contributed by atoms with Crippen LogP contribution >= 0.6 is 0 Å². The van der Waals surface area contributed by atoms with Gasteiger partial charge in [-0.05, 0) is 44.4 Å². The van der Waals surface area contributed by atoms with Crippen molar-refractivity contribution in [2.45, 2.75) is 38.3 Å². The highest BCUT2D eigenvalue weighted by molar-refractivity contribution is 5.97. The maximum Gasteiger partial charge on any atom is 0.256 e. The van der Waals surface area contributed by atoms with Crippen LogP contribution in [0, 0.1) is 0 Å². The van der Waals surface area contributed by atoms with Gasteiger partial charge < -0.3 is 15.8 Å². The summed E-state index contributed by atoms with van der Waals surface area (Å²) in [6, 6.07) is 7.60. The van der Waals surface area contributed by atoms with Crippen molar-refractivity contribution in [3.63, 3.8) is 0 Å². The third kappa shape index (κ3) is 2.71. The maximum atomic E-state index is 12.1. The highest BCUT2D eigenvalue weighted by Crippen LogP contribution is 2.26. The molecule has 0 spiro atoms. The summed E-state index contributed by atoms with van der Waals surface area (Å²) in [5.74, 6) is -0.0754. The highest BCUT2D eigenvalue weighted by atomic mass is 16.5. The normalized spacial score (nSPS) is 24.8. The van der Waals surface area contributed by atoms with E-state index in [0.29, 0.717) is 6.61 Å². The van der Waals surface area contributed by atoms with Gasteiger partial charge in [-0.1, -0.05) is 12.1 Å². The van der Waals surface area contributed by atoms with Crippen LogP contribution in [0.2, 0.25) is 0 Å². The Bertz CT molecular complexity index is 420. The molecular formula is C14H20N2O2. The summed E-state index contributed by atoms with van der Waals surface area (Å²) < 4.78 is 5.50. The number of carbonyl (C=O) groups is 1. The molecule has 1 aromatic rings. The molecule has 1 saturated heterocycles. The second-order valence-corrected chi connectivity index (χ2v) is 5.05. The van der Waals surface area contributed by atoms with E-state index in [0.717, 1.165) is 24.1 Å². The summed E-state index contributed by atoms with van der Waals surface area (Å²) in [6.07, 6.45) is 1.71. The van der Waals surface area contributed by atoms with Crippen molar-refractivity contribution in [3.05, 3.63) is 29.8 Å². The van der Waals surface area contributed by atoms with Crippen molar-refractivity contribution in [1.82, 2.24) is 0 Å². The van der Waals surface area contributed by atoms with Gasteiger partial charge in [-0.15, -0.1) is 0 Å². The van der Waals surface area contributed by atoms with Gasteiger partial charge >= 0.3 is 0 Å². The number of nitrogens with one attached hydrogen (secondary N) is 1. The van der Waals surface area contributed by atoms with E-state index < -0.39 is 5.60 Å². The first kappa shape index (κ1) is 13.1. The number of anilines is 1. The second kappa shape index (κ2) is 5.08. The van der Waals surface area contributed by atoms with Crippen LogP contribution in [0.25, 0.3) is 0 Å². The molecule has 0 radical (unpaired) electrons. The number of amides is 1. The average Bonchev–Trinajstić information content (AvgIpc) is 2.78. The van der Waals surface area contributed by atoms with E-state index in [4.69, 9.17) is 10.5 Å². The minimum Gasteiger partial charge on any atom is -0.365 e. The molecule has 1 fully saturated rings. The predicted molar refractivity (Wildman–Crippen MR) is 71.3 cm³/mol. The van der Waals surface area contributed by atoms with Gasteiger partial charge in [-0.2, -0.15) is 0 Å². The van der Waals surface area contributed by atoms with E-state index in [1.165, 1.54) is 0 Å². The minimum atomic E-state index is -0.681. The zero-order valence-electron chi connectivity index (χ0n) is 10.9. The third-order valence-electron chi connectivity index (χ3n) is 3.39. The lowest BCUT2D eigenvalue weighted by Gasteiger charge is -2.22. The quantitative estimate of drug-likeness (QED) is 0.862. The first-order valence-corrected chi connectivity index (χ1v) is 6.32. The highest BCUT2D eigenvalue weighted by Gasteiger charge is 2.37. The van der Waals surface area contributed by atoms with Gasteiger partial charge in [0, 0.05) is 18.3 Å². The number of hydrogen-bond acceptors (Lipinski definition) is 3. The Morgan fingerprint density at radius 3 is 2.61 bits per heavy atom. The number of nitrogens with two attached hydrogens (primary N) is 1. The topological polar surface area (TPSA) is 64.3 Å². The van der Waals surface area contributed by atoms with Crippen molar-refractivity contribution in [3.8, 4) is 0 Å². The number of rotatable bonds is 3. The van der Waals surface area contributed by atoms with Gasteiger partial charge in [0.25, 0.3) is 5.91 Å². The van der Waals surface area contributed by atoms with Crippen LogP contribution in [-0.4, -0.2) is 18.1 Å². The van der Waals surface area contributed by atoms with E-state index in [-0.39, 0.29) is 11.9 Å². The van der Waals surface area contributed by atoms with Crippen molar-refractivity contribution in [2.75, 3.05) is 11.9 Å². The molecule has 2 atom stereocenters. The van der Waals surface area contributed by atoms with Crippen molar-refractivity contribution < 1.29 is 9.53 Å². The molecule has 98 valence electrons. The first-order chi connectivity index (χ1) is 8.51. The van der Waals surface area contributed by atoms with Crippen LogP contribution in [0.3, 0.4) is 0 Å². The molecule has 2 rings (SSSR count). The molecule has 1 aromatic carbocycles. The predicted octanol–water partition coefficient (Wildman–Crippen LogP) is 2.21. The standard InChI is InChI=1S/C14H20N2O2/c1-10(15)11-4-6-12(7-5-11)16-13(17)14(2)8-3-9-18-14/h4-7,10H,3,8-9,15H2,1-2H3,(H,16,17). The SMILES string of the molecule is CC(N)c1ccc(NC(=O)C2(C)CCCO2)cc1. The Kier molecular flexibility index (Phi) is 3.68. The fraction of sp³-hybridized carbons (Fsp3) is 0.500. The van der Waals surface area contributed by atoms with Gasteiger partial charge in [0.2, 0.25) is 0 Å². The largest absolute Gasteiger partial charge is 0.365 e. The van der Waals surface area contributed by atoms with E-state index >= 15 is 0 Å². The maximum absolute atomic E-state index is 12.1. The first-order valence-electron chi connectivity index (χ1n) is 6.32. The van der Waals surface area contributed by atoms with Crippen LogP contribution < -0.4 is 11.1 Å². The van der Waals surface area contributed by atoms with E-state index in [1.807, 2.05) is 38.1 Å². The molecule has 1 amide bonds. The summed E-state index contributed by atoms with van der Waals surface area (Å²) in [5.41, 5.74) is 6.93. The fourth-order valence-electron chi connectivity index (χ4n) is 2.09. The molecule has 4 heteroatoms. The van der Waals surface area contributed by atoms with Crippen LogP contribution in [0.1, 0.15) is 38.3 Å². The molecule has 0 aromatic heterocycles. The fourth-order valence-corrected chi connectivity index (χ4v) is 2.09. The van der Waals surface area contributed by atoms with Crippen molar-refractivity contribution in [2.24, 2.45) is 5.73 Å². The van der Waals surface area contributed by atoms with Gasteiger partial charge in [0.15, 0.2) is 0 Å². The number of ether oxygens (including phenoxy) is 1. The Balaban J connectivity index is 2.03. The van der Waals surface area contributed by atoms with Crippen LogP contribution in [0.15, 0.2) is 24.3 Å². The monoisotopic (exact) mass is 248 g/mol. The van der Waals surface area contributed by atoms with Gasteiger partial charge in [-0.25, -0.2) is 0 Å². The van der Waals surface area contributed by atoms with E-state index in [2.05, 4.69) is 5.32 Å². The number of hydrogen-bond donors (Lipinski definition) is 2. The molecule has 0 aliphatic carbocycles. The molecule has 0 bridgehead atoms. The second-order valence-electron chi connectivity index (χ2n) is 5.05. The smallest absolute Gasteiger partial charge is 0.256 e. The summed E-state index contributed by atoms with van der Waals surface area (Å²) in [5, 5.41) is 2.89. The molecule has 1 aliphatic heterocycles. The van der Waals surface area contributed by atoms with E-state index in [9.17, 15) is 4.79 Å². The Labute approximate surface area is 108 Å². The molecule has 3 N–H and O–H groups in total. The molecule has 2 unspecified atom stereocenters. The molecule has 1 aliphatic rings. The molecule has 4 nitrogen and oxygen atoms in total. The van der Waals surface area contributed by atoms with Gasteiger partial charge in [-0.3, -0.25) is 4.79 Å². The van der Waals surface area contributed by atoms with Crippen LogP contribution in [-0.2, 0) is 9.53 Å². The Hall–Kier alpha value is -1.39. The molecular weight excluding hydrogens is 228 g/mol. The summed E-state index contributed by atoms with van der Waals surface area (Å²) in [4.78, 5) is 12.1. The molecule has 0 saturated carbocycles. The van der Waals surface area contributed by atoms with Crippen molar-refractivity contribution >= 4 is 11.6 Å². The van der Waals surface area contributed by atoms with Crippen LogP contribution in [0.5, 0.6) is 0 Å². The van der Waals surface area contributed by atoms with Gasteiger partial charge in [0.05, 0.1) is 0 Å². The number of benzene rings is 1. The lowest BCUT2D eigenvalue weighted by atomic mass is 10.0. The zero-order valence-corrected chi connectivity index (χ0v) is 10.9. The summed E-state index contributed by atoms with van der Waals surface area (Å²) in [7, 11) is 0. The Morgan fingerprint density at radius 2 is 2.11 bits per heavy atom. The number of carbonyl (C=O) groups excluding carboxylic acids is 1. The summed E-state index contributed by atoms with van der Waals surface area (Å²) >= 11 is 0. The third-order valence-corrected chi connectivity index (χ3v) is 3.39. The van der Waals surface area contributed by atoms with E-state index in [1.54, 1.807) is 0 Å². The average molecular weight is 248 g/mol. The zero-order chi connectivity index (χ0) is 13.2. The lowest BCUT2D eigenvalue weighted by Crippen LogP contribution is -2.39. The van der Waals surface area contributed by atoms with Crippen molar-refractivity contribution in [1.29, 1.82) is 0 Å². The van der Waals surface area contributed by atoms with Crippen LogP contribution in [0.4, 0.5) is 5.69 Å². The summed E-state index contributed by atoms with van der Waals surface area (Å²) in [6.45, 7) is 4.43. The van der Waals surface area contributed by atoms with Gasteiger partial charge in [0.1, 0.15) is 5.60 Å². The molecule has 18 heavy (non-hydrogen) atoms. The Morgan fingerprint density at radius 1 is 1.44 bits per heavy atom. The lowest BCUT2D eigenvalue weighted by molar-refractivity contribution is -0.133.